The van der Waals surface area contributed by atoms with Gasteiger partial charge in [0.2, 0.25) is 0 Å². The first-order valence-electron chi connectivity index (χ1n) is 9.15. The van der Waals surface area contributed by atoms with Crippen LogP contribution in [0.3, 0.4) is 0 Å². The Morgan fingerprint density at radius 2 is 1.93 bits per heavy atom. The molecule has 2 aromatic rings. The average molecular weight is 545 g/mol. The zero-order valence-corrected chi connectivity index (χ0v) is 19.6. The molecule has 1 aliphatic rings. The van der Waals surface area contributed by atoms with Gasteiger partial charge in [-0.25, -0.2) is 8.42 Å². The molecule has 0 heterocycles. The molecule has 1 aliphatic carbocycles. The van der Waals surface area contributed by atoms with Crippen LogP contribution in [0.5, 0.6) is 0 Å². The fraction of sp³-hybridized carbons (Fsp3) is 0.316. The average Bonchev–Trinajstić information content (AvgIpc) is 3.12. The summed E-state index contributed by atoms with van der Waals surface area (Å²) in [7, 11) is -3.52. The predicted octanol–water partition coefficient (Wildman–Crippen LogP) is 2.94. The van der Waals surface area contributed by atoms with Gasteiger partial charge in [-0.15, -0.1) is 24.0 Å². The topological polar surface area (TPSA) is 140 Å². The van der Waals surface area contributed by atoms with E-state index in [9.17, 15) is 18.5 Å². The Kier molecular flexibility index (Phi) is 8.01. The largest absolute Gasteiger partial charge is 0.378 e. The number of nitro benzene ring substituents is 1. The summed E-state index contributed by atoms with van der Waals surface area (Å²) in [6, 6.07) is 9.90. The molecule has 0 aromatic heterocycles. The van der Waals surface area contributed by atoms with Crippen LogP contribution in [0.4, 0.5) is 17.1 Å². The summed E-state index contributed by atoms with van der Waals surface area (Å²) in [5, 5.41) is 17.2. The first-order chi connectivity index (χ1) is 13.7. The van der Waals surface area contributed by atoms with Gasteiger partial charge in [-0.3, -0.25) is 15.1 Å². The van der Waals surface area contributed by atoms with E-state index in [1.165, 1.54) is 29.7 Å². The lowest BCUT2D eigenvalue weighted by atomic mass is 10.1. The number of hydrogen-bond acceptors (Lipinski definition) is 6. The summed E-state index contributed by atoms with van der Waals surface area (Å²) in [4.78, 5) is 14.7. The van der Waals surface area contributed by atoms with Gasteiger partial charge in [-0.1, -0.05) is 6.07 Å². The van der Waals surface area contributed by atoms with Crippen molar-refractivity contribution in [3.8, 4) is 0 Å². The molecular formula is C19H24IN5O4S. The Bertz CT molecular complexity index is 1070. The maximum absolute atomic E-state index is 11.6. The molecule has 9 nitrogen and oxygen atoms in total. The van der Waals surface area contributed by atoms with Gasteiger partial charge >= 0.3 is 0 Å². The first-order valence-corrected chi connectivity index (χ1v) is 11.0. The Labute approximate surface area is 192 Å². The second-order valence-electron chi connectivity index (χ2n) is 6.86. The van der Waals surface area contributed by atoms with Crippen molar-refractivity contribution in [2.24, 2.45) is 10.7 Å². The molecule has 0 fully saturated rings. The van der Waals surface area contributed by atoms with Crippen LogP contribution >= 0.6 is 24.0 Å². The lowest BCUT2D eigenvalue weighted by Crippen LogP contribution is -2.24. The molecule has 0 saturated heterocycles. The van der Waals surface area contributed by atoms with Crippen LogP contribution in [0.1, 0.15) is 17.5 Å². The van der Waals surface area contributed by atoms with Crippen LogP contribution in [-0.4, -0.2) is 38.6 Å². The molecule has 0 radical (unpaired) electrons. The van der Waals surface area contributed by atoms with Crippen LogP contribution in [0.15, 0.2) is 46.3 Å². The van der Waals surface area contributed by atoms with E-state index >= 15 is 0 Å². The summed E-state index contributed by atoms with van der Waals surface area (Å²) in [5.74, 6) is 0.256. The number of aliphatic imine (C=N–C) groups is 1. The van der Waals surface area contributed by atoms with Crippen molar-refractivity contribution in [2.45, 2.75) is 24.2 Å². The second-order valence-corrected chi connectivity index (χ2v) is 8.88. The molecule has 0 spiro atoms. The predicted molar refractivity (Wildman–Crippen MR) is 129 cm³/mol. The SMILES string of the molecule is CS(=O)(=O)c1ccc(NCCN=C(N)Nc2ccc3c(c2)CCC3)c([N+](=O)[O-])c1.I. The number of nitro groups is 1. The maximum atomic E-state index is 11.6. The number of nitrogens with two attached hydrogens (primary N) is 1. The summed E-state index contributed by atoms with van der Waals surface area (Å²) >= 11 is 0. The Balaban J connectivity index is 0.00000320. The van der Waals surface area contributed by atoms with Crippen LogP contribution in [-0.2, 0) is 22.7 Å². The Morgan fingerprint density at radius 3 is 2.63 bits per heavy atom. The molecule has 0 aliphatic heterocycles. The van der Waals surface area contributed by atoms with Crippen molar-refractivity contribution >= 4 is 56.8 Å². The van der Waals surface area contributed by atoms with E-state index in [0.29, 0.717) is 6.54 Å². The minimum Gasteiger partial charge on any atom is -0.378 e. The van der Waals surface area contributed by atoms with E-state index in [2.05, 4.69) is 27.8 Å². The van der Waals surface area contributed by atoms with Crippen LogP contribution in [0.25, 0.3) is 0 Å². The third kappa shape index (κ3) is 6.05. The minimum absolute atomic E-state index is 0. The van der Waals surface area contributed by atoms with E-state index in [-0.39, 0.29) is 52.8 Å². The number of anilines is 2. The zero-order chi connectivity index (χ0) is 21.0. The number of fused-ring (bicyclic) bond motifs is 1. The monoisotopic (exact) mass is 545 g/mol. The molecule has 0 amide bonds. The van der Waals surface area contributed by atoms with E-state index < -0.39 is 14.8 Å². The molecule has 0 unspecified atom stereocenters. The number of aryl methyl sites for hydroxylation is 2. The number of rotatable bonds is 7. The Morgan fingerprint density at radius 1 is 1.20 bits per heavy atom. The van der Waals surface area contributed by atoms with Gasteiger partial charge in [0, 0.05) is 24.6 Å². The highest BCUT2D eigenvalue weighted by Crippen LogP contribution is 2.27. The normalized spacial score (nSPS) is 13.3. The van der Waals surface area contributed by atoms with Crippen molar-refractivity contribution in [3.05, 3.63) is 57.6 Å². The van der Waals surface area contributed by atoms with E-state index in [0.717, 1.165) is 30.9 Å². The second kappa shape index (κ2) is 10.1. The van der Waals surface area contributed by atoms with Crippen molar-refractivity contribution < 1.29 is 13.3 Å². The third-order valence-electron chi connectivity index (χ3n) is 4.67. The lowest BCUT2D eigenvalue weighted by Gasteiger charge is -2.09. The van der Waals surface area contributed by atoms with E-state index in [1.807, 2.05) is 6.07 Å². The number of halogens is 1. The van der Waals surface area contributed by atoms with Gasteiger partial charge in [-0.2, -0.15) is 0 Å². The first kappa shape index (κ1) is 23.9. The third-order valence-corrected chi connectivity index (χ3v) is 5.78. The molecule has 11 heteroatoms. The number of nitrogens with zero attached hydrogens (tertiary/aromatic N) is 2. The number of hydrogen-bond donors (Lipinski definition) is 3. The van der Waals surface area contributed by atoms with Crippen molar-refractivity contribution in [1.29, 1.82) is 0 Å². The molecule has 3 rings (SSSR count). The quantitative estimate of drug-likeness (QED) is 0.121. The van der Waals surface area contributed by atoms with Crippen LogP contribution in [0.2, 0.25) is 0 Å². The maximum Gasteiger partial charge on any atom is 0.293 e. The van der Waals surface area contributed by atoms with Crippen molar-refractivity contribution in [3.63, 3.8) is 0 Å². The molecule has 0 saturated carbocycles. The summed E-state index contributed by atoms with van der Waals surface area (Å²) < 4.78 is 23.2. The van der Waals surface area contributed by atoms with Crippen LogP contribution in [0, 0.1) is 10.1 Å². The van der Waals surface area contributed by atoms with Crippen molar-refractivity contribution in [1.82, 2.24) is 0 Å². The zero-order valence-electron chi connectivity index (χ0n) is 16.4. The van der Waals surface area contributed by atoms with E-state index in [1.54, 1.807) is 0 Å². The Hall–Kier alpha value is -2.41. The highest BCUT2D eigenvalue weighted by molar-refractivity contribution is 14.0. The molecular weight excluding hydrogens is 521 g/mol. The van der Waals surface area contributed by atoms with E-state index in [4.69, 9.17) is 5.73 Å². The molecule has 30 heavy (non-hydrogen) atoms. The summed E-state index contributed by atoms with van der Waals surface area (Å²) in [6.07, 6.45) is 4.36. The number of guanidine groups is 1. The standard InChI is InChI=1S/C19H23N5O4S.HI/c1-29(27,28)16-7-8-17(18(12-16)24(25)26)21-9-10-22-19(20)23-15-6-5-13-3-2-4-14(13)11-15;/h5-8,11-12,21H,2-4,9-10H2,1H3,(H3,20,22,23);1H. The molecule has 0 bridgehead atoms. The highest BCUT2D eigenvalue weighted by Gasteiger charge is 2.18. The fourth-order valence-electron chi connectivity index (χ4n) is 3.25. The van der Waals surface area contributed by atoms with Gasteiger partial charge in [0.1, 0.15) is 5.69 Å². The number of sulfone groups is 1. The van der Waals surface area contributed by atoms with Crippen LogP contribution < -0.4 is 16.4 Å². The highest BCUT2D eigenvalue weighted by atomic mass is 127. The fourth-order valence-corrected chi connectivity index (χ4v) is 3.89. The smallest absolute Gasteiger partial charge is 0.293 e. The number of nitrogens with one attached hydrogen (secondary N) is 2. The minimum atomic E-state index is -3.52. The summed E-state index contributed by atoms with van der Waals surface area (Å²) in [6.45, 7) is 0.584. The van der Waals surface area contributed by atoms with Gasteiger partial charge in [0.15, 0.2) is 15.8 Å². The van der Waals surface area contributed by atoms with Gasteiger partial charge in [-0.05, 0) is 54.7 Å². The lowest BCUT2D eigenvalue weighted by molar-refractivity contribution is -0.384. The summed E-state index contributed by atoms with van der Waals surface area (Å²) in [5.41, 5.74) is 9.42. The molecule has 4 N–H and O–H groups in total. The molecule has 2 aromatic carbocycles. The van der Waals surface area contributed by atoms with Gasteiger partial charge < -0.3 is 16.4 Å². The molecule has 0 atom stereocenters. The van der Waals surface area contributed by atoms with Gasteiger partial charge in [0.05, 0.1) is 16.4 Å². The molecule has 162 valence electrons. The number of benzene rings is 2. The van der Waals surface area contributed by atoms with Gasteiger partial charge in [0.25, 0.3) is 5.69 Å². The van der Waals surface area contributed by atoms with Crippen molar-refractivity contribution in [2.75, 3.05) is 30.0 Å².